The first-order valence-corrected chi connectivity index (χ1v) is 6.62. The summed E-state index contributed by atoms with van der Waals surface area (Å²) in [4.78, 5) is 10.7. The van der Waals surface area contributed by atoms with E-state index >= 15 is 0 Å². The van der Waals surface area contributed by atoms with Gasteiger partial charge >= 0.3 is 0 Å². The number of hydrogen-bond donors (Lipinski definition) is 0. The Morgan fingerprint density at radius 3 is 2.86 bits per heavy atom. The summed E-state index contributed by atoms with van der Waals surface area (Å²) in [7, 11) is 1.82. The summed E-state index contributed by atoms with van der Waals surface area (Å²) < 4.78 is 26.2. The summed E-state index contributed by atoms with van der Waals surface area (Å²) in [5.41, 5.74) is 1.20. The second kappa shape index (κ2) is 5.85. The van der Waals surface area contributed by atoms with Gasteiger partial charge in [-0.1, -0.05) is 0 Å². The standard InChI is InChI=1S/C16H13FN2O3/c1-19-7-6-12(18-19)10-21-15-4-2-11(17)8-14(15)16-5-3-13(9-20)22-16/h2-9H,10H2,1H3. The third-order valence-corrected chi connectivity index (χ3v) is 3.09. The number of furan rings is 1. The third kappa shape index (κ3) is 2.90. The zero-order chi connectivity index (χ0) is 15.5. The first-order valence-electron chi connectivity index (χ1n) is 6.62. The minimum atomic E-state index is -0.413. The molecular formula is C16H13FN2O3. The molecular weight excluding hydrogens is 287 g/mol. The smallest absolute Gasteiger partial charge is 0.185 e. The molecule has 1 aromatic carbocycles. The summed E-state index contributed by atoms with van der Waals surface area (Å²) >= 11 is 0. The predicted octanol–water partition coefficient (Wildman–Crippen LogP) is 3.21. The Morgan fingerprint density at radius 2 is 2.18 bits per heavy atom. The van der Waals surface area contributed by atoms with E-state index in [0.29, 0.717) is 23.4 Å². The fourth-order valence-electron chi connectivity index (χ4n) is 2.07. The predicted molar refractivity (Wildman–Crippen MR) is 77.0 cm³/mol. The van der Waals surface area contributed by atoms with Crippen LogP contribution in [0.3, 0.4) is 0 Å². The highest BCUT2D eigenvalue weighted by molar-refractivity contribution is 5.74. The van der Waals surface area contributed by atoms with Crippen molar-refractivity contribution in [2.75, 3.05) is 0 Å². The maximum atomic E-state index is 13.5. The van der Waals surface area contributed by atoms with Gasteiger partial charge in [-0.3, -0.25) is 9.48 Å². The van der Waals surface area contributed by atoms with Crippen LogP contribution in [0.5, 0.6) is 5.75 Å². The van der Waals surface area contributed by atoms with Gasteiger partial charge in [-0.25, -0.2) is 4.39 Å². The highest BCUT2D eigenvalue weighted by Gasteiger charge is 2.13. The Balaban J connectivity index is 1.88. The van der Waals surface area contributed by atoms with Gasteiger partial charge in [0.15, 0.2) is 12.0 Å². The summed E-state index contributed by atoms with van der Waals surface area (Å²) in [6, 6.07) is 9.10. The van der Waals surface area contributed by atoms with Crippen molar-refractivity contribution in [3.05, 3.63) is 59.9 Å². The van der Waals surface area contributed by atoms with E-state index in [1.165, 1.54) is 24.3 Å². The van der Waals surface area contributed by atoms with Crippen LogP contribution in [0.4, 0.5) is 4.39 Å². The van der Waals surface area contributed by atoms with Crippen LogP contribution in [0.25, 0.3) is 11.3 Å². The van der Waals surface area contributed by atoms with Gasteiger partial charge in [0.05, 0.1) is 11.3 Å². The number of rotatable bonds is 5. The Kier molecular flexibility index (Phi) is 3.74. The normalized spacial score (nSPS) is 10.6. The van der Waals surface area contributed by atoms with Gasteiger partial charge in [-0.05, 0) is 36.4 Å². The molecule has 22 heavy (non-hydrogen) atoms. The average molecular weight is 300 g/mol. The lowest BCUT2D eigenvalue weighted by atomic mass is 10.1. The van der Waals surface area contributed by atoms with E-state index in [-0.39, 0.29) is 12.4 Å². The largest absolute Gasteiger partial charge is 0.486 e. The maximum absolute atomic E-state index is 13.5. The number of carbonyl (C=O) groups is 1. The highest BCUT2D eigenvalue weighted by Crippen LogP contribution is 2.32. The monoisotopic (exact) mass is 300 g/mol. The van der Waals surface area contributed by atoms with Gasteiger partial charge in [0.1, 0.15) is 23.9 Å². The van der Waals surface area contributed by atoms with Crippen molar-refractivity contribution in [3.8, 4) is 17.1 Å². The molecule has 0 bridgehead atoms. The van der Waals surface area contributed by atoms with E-state index < -0.39 is 5.82 Å². The maximum Gasteiger partial charge on any atom is 0.185 e. The number of hydrogen-bond acceptors (Lipinski definition) is 4. The molecule has 0 unspecified atom stereocenters. The van der Waals surface area contributed by atoms with Crippen molar-refractivity contribution in [3.63, 3.8) is 0 Å². The molecule has 112 valence electrons. The topological polar surface area (TPSA) is 57.3 Å². The van der Waals surface area contributed by atoms with Crippen molar-refractivity contribution in [2.24, 2.45) is 7.05 Å². The SMILES string of the molecule is Cn1ccc(COc2ccc(F)cc2-c2ccc(C=O)o2)n1. The summed E-state index contributed by atoms with van der Waals surface area (Å²) in [5.74, 6) is 0.593. The van der Waals surface area contributed by atoms with Crippen molar-refractivity contribution in [1.82, 2.24) is 9.78 Å². The van der Waals surface area contributed by atoms with E-state index in [2.05, 4.69) is 5.10 Å². The van der Waals surface area contributed by atoms with Crippen LogP contribution in [0.2, 0.25) is 0 Å². The molecule has 0 N–H and O–H groups in total. The lowest BCUT2D eigenvalue weighted by Gasteiger charge is -2.09. The first-order chi connectivity index (χ1) is 10.7. The van der Waals surface area contributed by atoms with Crippen LogP contribution in [0.1, 0.15) is 16.2 Å². The zero-order valence-electron chi connectivity index (χ0n) is 11.8. The van der Waals surface area contributed by atoms with E-state index in [4.69, 9.17) is 9.15 Å². The molecule has 5 nitrogen and oxygen atoms in total. The Hall–Kier alpha value is -2.89. The molecule has 2 heterocycles. The second-order valence-electron chi connectivity index (χ2n) is 4.73. The van der Waals surface area contributed by atoms with Crippen molar-refractivity contribution in [1.29, 1.82) is 0 Å². The van der Waals surface area contributed by atoms with E-state index in [0.717, 1.165) is 5.69 Å². The molecule has 0 amide bonds. The first kappa shape index (κ1) is 14.1. The minimum Gasteiger partial charge on any atom is -0.486 e. The zero-order valence-corrected chi connectivity index (χ0v) is 11.8. The van der Waals surface area contributed by atoms with Crippen molar-refractivity contribution in [2.45, 2.75) is 6.61 Å². The molecule has 3 rings (SSSR count). The number of ether oxygens (including phenoxy) is 1. The third-order valence-electron chi connectivity index (χ3n) is 3.09. The van der Waals surface area contributed by atoms with Crippen molar-refractivity contribution < 1.29 is 18.3 Å². The molecule has 0 aliphatic rings. The molecule has 0 fully saturated rings. The number of carbonyl (C=O) groups excluding carboxylic acids is 1. The van der Waals surface area contributed by atoms with E-state index in [9.17, 15) is 9.18 Å². The molecule has 0 aliphatic heterocycles. The van der Waals surface area contributed by atoms with Crippen LogP contribution < -0.4 is 4.74 Å². The molecule has 0 saturated carbocycles. The van der Waals surface area contributed by atoms with Gasteiger partial charge < -0.3 is 9.15 Å². The molecule has 0 atom stereocenters. The highest BCUT2D eigenvalue weighted by atomic mass is 19.1. The van der Waals surface area contributed by atoms with Crippen LogP contribution >= 0.6 is 0 Å². The number of aldehydes is 1. The fraction of sp³-hybridized carbons (Fsp3) is 0.125. The van der Waals surface area contributed by atoms with Gasteiger partial charge in [0.2, 0.25) is 0 Å². The Morgan fingerprint density at radius 1 is 1.32 bits per heavy atom. The quantitative estimate of drug-likeness (QED) is 0.679. The molecule has 0 spiro atoms. The van der Waals surface area contributed by atoms with Gasteiger partial charge in [-0.2, -0.15) is 5.10 Å². The molecule has 2 aromatic heterocycles. The number of nitrogens with zero attached hydrogens (tertiary/aromatic N) is 2. The molecule has 3 aromatic rings. The van der Waals surface area contributed by atoms with Crippen molar-refractivity contribution >= 4 is 6.29 Å². The van der Waals surface area contributed by atoms with E-state index in [1.807, 2.05) is 19.3 Å². The Bertz CT molecular complexity index is 807. The molecule has 0 aliphatic carbocycles. The van der Waals surface area contributed by atoms with Crippen LogP contribution in [0.15, 0.2) is 47.0 Å². The van der Waals surface area contributed by atoms with Gasteiger partial charge in [0.25, 0.3) is 0 Å². The summed E-state index contributed by atoms with van der Waals surface area (Å²) in [6.07, 6.45) is 2.41. The Labute approximate surface area is 125 Å². The van der Waals surface area contributed by atoms with Gasteiger partial charge in [-0.15, -0.1) is 0 Å². The molecule has 6 heteroatoms. The van der Waals surface area contributed by atoms with Crippen LogP contribution in [-0.4, -0.2) is 16.1 Å². The van der Waals surface area contributed by atoms with E-state index in [1.54, 1.807) is 10.7 Å². The lowest BCUT2D eigenvalue weighted by molar-refractivity contribution is 0.110. The van der Waals surface area contributed by atoms with Crippen LogP contribution in [0, 0.1) is 5.82 Å². The average Bonchev–Trinajstić information content (AvgIpc) is 3.14. The summed E-state index contributed by atoms with van der Waals surface area (Å²) in [5, 5.41) is 4.21. The number of aryl methyl sites for hydroxylation is 1. The lowest BCUT2D eigenvalue weighted by Crippen LogP contribution is -1.99. The number of aromatic nitrogens is 2. The molecule has 0 radical (unpaired) electrons. The molecule has 0 saturated heterocycles. The fourth-order valence-corrected chi connectivity index (χ4v) is 2.07. The number of halogens is 1. The van der Waals surface area contributed by atoms with Gasteiger partial charge in [0, 0.05) is 13.2 Å². The number of benzene rings is 1. The minimum absolute atomic E-state index is 0.176. The van der Waals surface area contributed by atoms with Crippen LogP contribution in [-0.2, 0) is 13.7 Å². The second-order valence-corrected chi connectivity index (χ2v) is 4.73. The summed E-state index contributed by atoms with van der Waals surface area (Å²) in [6.45, 7) is 0.251.